The normalized spacial score (nSPS) is 10.9. The van der Waals surface area contributed by atoms with Crippen LogP contribution in [0.5, 0.6) is 5.75 Å². The van der Waals surface area contributed by atoms with E-state index in [-0.39, 0.29) is 0 Å². The zero-order valence-corrected chi connectivity index (χ0v) is 12.7. The maximum Gasteiger partial charge on any atom is 0.119 e. The Labute approximate surface area is 118 Å². The first-order valence-corrected chi connectivity index (χ1v) is 7.67. The molecule has 0 amide bonds. The molecular weight excluding hydrogens is 234 g/mol. The lowest BCUT2D eigenvalue weighted by Crippen LogP contribution is -2.13. The van der Waals surface area contributed by atoms with Crippen molar-refractivity contribution in [1.29, 1.82) is 0 Å². The molecule has 1 aromatic rings. The van der Waals surface area contributed by atoms with E-state index in [1.165, 1.54) is 24.8 Å². The first-order chi connectivity index (χ1) is 9.24. The van der Waals surface area contributed by atoms with Gasteiger partial charge in [0.15, 0.2) is 0 Å². The summed E-state index contributed by atoms with van der Waals surface area (Å²) in [7, 11) is 0. The monoisotopic (exact) mass is 263 g/mol. The molecule has 0 atom stereocenters. The van der Waals surface area contributed by atoms with E-state index in [0.29, 0.717) is 5.92 Å². The summed E-state index contributed by atoms with van der Waals surface area (Å²) in [4.78, 5) is 0. The number of benzene rings is 1. The van der Waals surface area contributed by atoms with Gasteiger partial charge in [-0.15, -0.1) is 0 Å². The Kier molecular flexibility index (Phi) is 8.31. The van der Waals surface area contributed by atoms with Crippen LogP contribution in [0.1, 0.15) is 57.9 Å². The quantitative estimate of drug-likeness (QED) is 0.633. The minimum Gasteiger partial charge on any atom is -0.494 e. The van der Waals surface area contributed by atoms with Crippen LogP contribution >= 0.6 is 0 Å². The van der Waals surface area contributed by atoms with Gasteiger partial charge >= 0.3 is 0 Å². The molecule has 0 bridgehead atoms. The number of rotatable bonds is 10. The van der Waals surface area contributed by atoms with Gasteiger partial charge in [-0.2, -0.15) is 0 Å². The van der Waals surface area contributed by atoms with E-state index in [4.69, 9.17) is 4.74 Å². The topological polar surface area (TPSA) is 21.3 Å². The maximum absolute atomic E-state index is 5.75. The minimum absolute atomic E-state index is 0.589. The van der Waals surface area contributed by atoms with Gasteiger partial charge in [-0.05, 0) is 49.5 Å². The zero-order valence-electron chi connectivity index (χ0n) is 12.7. The van der Waals surface area contributed by atoms with E-state index in [2.05, 4.69) is 50.4 Å². The molecule has 0 saturated carbocycles. The van der Waals surface area contributed by atoms with Gasteiger partial charge in [0.2, 0.25) is 0 Å². The van der Waals surface area contributed by atoms with Crippen LogP contribution in [-0.4, -0.2) is 19.7 Å². The van der Waals surface area contributed by atoms with E-state index < -0.39 is 0 Å². The van der Waals surface area contributed by atoms with E-state index in [1.54, 1.807) is 0 Å². The summed E-state index contributed by atoms with van der Waals surface area (Å²) in [6, 6.07) is 8.49. The van der Waals surface area contributed by atoms with Crippen molar-refractivity contribution in [2.45, 2.75) is 52.4 Å². The molecule has 0 heterocycles. The standard InChI is InChI=1S/C17H29NO/c1-4-18-13-7-5-6-8-14-19-17-11-9-16(10-12-17)15(2)3/h9-12,15,18H,4-8,13-14H2,1-3H3. The highest BCUT2D eigenvalue weighted by Gasteiger charge is 1.99. The molecule has 0 aliphatic carbocycles. The predicted octanol–water partition coefficient (Wildman–Crippen LogP) is 4.36. The highest BCUT2D eigenvalue weighted by Crippen LogP contribution is 2.18. The molecule has 0 radical (unpaired) electrons. The van der Waals surface area contributed by atoms with Gasteiger partial charge in [0.1, 0.15) is 5.75 Å². The number of hydrogen-bond donors (Lipinski definition) is 1. The molecule has 0 spiro atoms. The number of ether oxygens (including phenoxy) is 1. The first kappa shape index (κ1) is 16.0. The van der Waals surface area contributed by atoms with Crippen LogP contribution < -0.4 is 10.1 Å². The Hall–Kier alpha value is -1.02. The van der Waals surface area contributed by atoms with Gasteiger partial charge in [0.25, 0.3) is 0 Å². The average molecular weight is 263 g/mol. The molecule has 19 heavy (non-hydrogen) atoms. The highest BCUT2D eigenvalue weighted by molar-refractivity contribution is 5.28. The molecular formula is C17H29NO. The first-order valence-electron chi connectivity index (χ1n) is 7.67. The Morgan fingerprint density at radius 3 is 2.32 bits per heavy atom. The summed E-state index contributed by atoms with van der Waals surface area (Å²) in [5, 5.41) is 3.35. The molecule has 0 aliphatic heterocycles. The van der Waals surface area contributed by atoms with Crippen LogP contribution in [-0.2, 0) is 0 Å². The van der Waals surface area contributed by atoms with Gasteiger partial charge in [0.05, 0.1) is 6.61 Å². The molecule has 0 saturated heterocycles. The smallest absolute Gasteiger partial charge is 0.119 e. The Bertz CT molecular complexity index is 319. The molecule has 2 heteroatoms. The second-order valence-corrected chi connectivity index (χ2v) is 5.34. The van der Waals surface area contributed by atoms with Crippen molar-refractivity contribution < 1.29 is 4.74 Å². The molecule has 1 rings (SSSR count). The van der Waals surface area contributed by atoms with Crippen LogP contribution in [0, 0.1) is 0 Å². The third-order valence-electron chi connectivity index (χ3n) is 3.31. The summed E-state index contributed by atoms with van der Waals surface area (Å²) in [6.45, 7) is 9.64. The van der Waals surface area contributed by atoms with Crippen molar-refractivity contribution in [3.8, 4) is 5.75 Å². The summed E-state index contributed by atoms with van der Waals surface area (Å²) < 4.78 is 5.75. The van der Waals surface area contributed by atoms with E-state index >= 15 is 0 Å². The van der Waals surface area contributed by atoms with Gasteiger partial charge in [0, 0.05) is 0 Å². The Morgan fingerprint density at radius 2 is 1.68 bits per heavy atom. The van der Waals surface area contributed by atoms with Crippen LogP contribution in [0.25, 0.3) is 0 Å². The molecule has 1 aromatic carbocycles. The van der Waals surface area contributed by atoms with Crippen LogP contribution in [0.4, 0.5) is 0 Å². The number of unbranched alkanes of at least 4 members (excludes halogenated alkanes) is 3. The number of hydrogen-bond acceptors (Lipinski definition) is 2. The largest absolute Gasteiger partial charge is 0.494 e. The van der Waals surface area contributed by atoms with Gasteiger partial charge in [-0.1, -0.05) is 45.7 Å². The molecule has 2 nitrogen and oxygen atoms in total. The van der Waals surface area contributed by atoms with Crippen molar-refractivity contribution in [1.82, 2.24) is 5.32 Å². The second kappa shape index (κ2) is 9.85. The molecule has 0 fully saturated rings. The Balaban J connectivity index is 2.06. The molecule has 0 aromatic heterocycles. The van der Waals surface area contributed by atoms with Crippen molar-refractivity contribution in [2.75, 3.05) is 19.7 Å². The van der Waals surface area contributed by atoms with Crippen LogP contribution in [0.15, 0.2) is 24.3 Å². The summed E-state index contributed by atoms with van der Waals surface area (Å²) >= 11 is 0. The Morgan fingerprint density at radius 1 is 1.00 bits per heavy atom. The lowest BCUT2D eigenvalue weighted by Gasteiger charge is -2.09. The van der Waals surface area contributed by atoms with Crippen molar-refractivity contribution in [3.05, 3.63) is 29.8 Å². The molecule has 0 aliphatic rings. The third-order valence-corrected chi connectivity index (χ3v) is 3.31. The van der Waals surface area contributed by atoms with E-state index in [9.17, 15) is 0 Å². The summed E-state index contributed by atoms with van der Waals surface area (Å²) in [6.07, 6.45) is 4.98. The lowest BCUT2D eigenvalue weighted by molar-refractivity contribution is 0.304. The lowest BCUT2D eigenvalue weighted by atomic mass is 10.0. The summed E-state index contributed by atoms with van der Waals surface area (Å²) in [5.41, 5.74) is 1.37. The van der Waals surface area contributed by atoms with Crippen LogP contribution in [0.3, 0.4) is 0 Å². The second-order valence-electron chi connectivity index (χ2n) is 5.34. The average Bonchev–Trinajstić information content (AvgIpc) is 2.42. The van der Waals surface area contributed by atoms with Crippen LogP contribution in [0.2, 0.25) is 0 Å². The molecule has 108 valence electrons. The van der Waals surface area contributed by atoms with Gasteiger partial charge in [-0.25, -0.2) is 0 Å². The van der Waals surface area contributed by atoms with Crippen molar-refractivity contribution in [3.63, 3.8) is 0 Å². The van der Waals surface area contributed by atoms with E-state index in [1.807, 2.05) is 0 Å². The minimum atomic E-state index is 0.589. The fraction of sp³-hybridized carbons (Fsp3) is 0.647. The SMILES string of the molecule is CCNCCCCCCOc1ccc(C(C)C)cc1. The fourth-order valence-corrected chi connectivity index (χ4v) is 2.02. The van der Waals surface area contributed by atoms with Crippen molar-refractivity contribution in [2.24, 2.45) is 0 Å². The number of nitrogens with one attached hydrogen (secondary N) is 1. The predicted molar refractivity (Wildman–Crippen MR) is 83.0 cm³/mol. The summed E-state index contributed by atoms with van der Waals surface area (Å²) in [5.74, 6) is 1.59. The molecule has 0 unspecified atom stereocenters. The van der Waals surface area contributed by atoms with Gasteiger partial charge in [-0.3, -0.25) is 0 Å². The fourth-order valence-electron chi connectivity index (χ4n) is 2.02. The van der Waals surface area contributed by atoms with Crippen molar-refractivity contribution >= 4 is 0 Å². The maximum atomic E-state index is 5.75. The zero-order chi connectivity index (χ0) is 13.9. The highest BCUT2D eigenvalue weighted by atomic mass is 16.5. The third kappa shape index (κ3) is 7.22. The van der Waals surface area contributed by atoms with E-state index in [0.717, 1.165) is 31.9 Å². The molecule has 1 N–H and O–H groups in total. The van der Waals surface area contributed by atoms with Gasteiger partial charge < -0.3 is 10.1 Å².